The van der Waals surface area contributed by atoms with Crippen LogP contribution in [0, 0.1) is 5.92 Å². The molecule has 2 aromatic heterocycles. The highest BCUT2D eigenvalue weighted by Gasteiger charge is 2.33. The van der Waals surface area contributed by atoms with Gasteiger partial charge in [0.2, 0.25) is 0 Å². The maximum absolute atomic E-state index is 10.9. The molecule has 6 nitrogen and oxygen atoms in total. The van der Waals surface area contributed by atoms with Crippen LogP contribution in [0.15, 0.2) is 18.3 Å². The van der Waals surface area contributed by atoms with Crippen molar-refractivity contribution in [2.24, 2.45) is 5.92 Å². The lowest BCUT2D eigenvalue weighted by atomic mass is 10.0. The Labute approximate surface area is 97.3 Å². The van der Waals surface area contributed by atoms with E-state index >= 15 is 0 Å². The second-order valence-corrected chi connectivity index (χ2v) is 4.40. The standard InChI is InChI=1S/C11H12N4O2/c16-11(17)8-4-3-7(6-8)10-14-13-9-2-1-5-12-15(9)10/h1-2,5,7-8H,3-4,6H2,(H,16,17). The topological polar surface area (TPSA) is 80.4 Å². The molecule has 2 atom stereocenters. The maximum atomic E-state index is 10.9. The van der Waals surface area contributed by atoms with Gasteiger partial charge in [0.25, 0.3) is 0 Å². The summed E-state index contributed by atoms with van der Waals surface area (Å²) >= 11 is 0. The average Bonchev–Trinajstić information content (AvgIpc) is 2.95. The van der Waals surface area contributed by atoms with Gasteiger partial charge in [-0.1, -0.05) is 0 Å². The van der Waals surface area contributed by atoms with Gasteiger partial charge in [-0.15, -0.1) is 10.2 Å². The van der Waals surface area contributed by atoms with Crippen molar-refractivity contribution in [2.75, 3.05) is 0 Å². The Kier molecular flexibility index (Phi) is 2.28. The molecule has 0 aliphatic heterocycles. The summed E-state index contributed by atoms with van der Waals surface area (Å²) in [6, 6.07) is 3.65. The van der Waals surface area contributed by atoms with E-state index < -0.39 is 5.97 Å². The molecule has 0 saturated heterocycles. The molecule has 1 aliphatic carbocycles. The van der Waals surface area contributed by atoms with Crippen molar-refractivity contribution < 1.29 is 9.90 Å². The summed E-state index contributed by atoms with van der Waals surface area (Å²) < 4.78 is 1.70. The number of nitrogens with zero attached hydrogens (tertiary/aromatic N) is 4. The summed E-state index contributed by atoms with van der Waals surface area (Å²) in [7, 11) is 0. The second kappa shape index (κ2) is 3.80. The molecule has 0 bridgehead atoms. The van der Waals surface area contributed by atoms with Crippen LogP contribution in [0.1, 0.15) is 31.0 Å². The van der Waals surface area contributed by atoms with Gasteiger partial charge in [0, 0.05) is 12.1 Å². The number of rotatable bonds is 2. The largest absolute Gasteiger partial charge is 0.481 e. The summed E-state index contributed by atoms with van der Waals surface area (Å²) in [5.41, 5.74) is 0.710. The van der Waals surface area contributed by atoms with E-state index in [1.165, 1.54) is 0 Å². The predicted molar refractivity (Wildman–Crippen MR) is 58.5 cm³/mol. The minimum absolute atomic E-state index is 0.154. The number of aromatic nitrogens is 4. The van der Waals surface area contributed by atoms with Crippen molar-refractivity contribution in [1.82, 2.24) is 19.8 Å². The molecule has 1 aliphatic rings. The van der Waals surface area contributed by atoms with Gasteiger partial charge in [-0.05, 0) is 31.4 Å². The van der Waals surface area contributed by atoms with E-state index in [1.54, 1.807) is 10.7 Å². The monoisotopic (exact) mass is 232 g/mol. The summed E-state index contributed by atoms with van der Waals surface area (Å²) in [5, 5.41) is 21.3. The first-order valence-corrected chi connectivity index (χ1v) is 5.65. The van der Waals surface area contributed by atoms with Crippen LogP contribution in [0.25, 0.3) is 5.65 Å². The van der Waals surface area contributed by atoms with Gasteiger partial charge >= 0.3 is 5.97 Å². The Hall–Kier alpha value is -1.98. The van der Waals surface area contributed by atoms with Crippen molar-refractivity contribution in [1.29, 1.82) is 0 Å². The van der Waals surface area contributed by atoms with Crippen molar-refractivity contribution in [3.63, 3.8) is 0 Å². The Morgan fingerprint density at radius 2 is 2.29 bits per heavy atom. The molecule has 17 heavy (non-hydrogen) atoms. The number of carboxylic acids is 1. The zero-order valence-corrected chi connectivity index (χ0v) is 9.15. The van der Waals surface area contributed by atoms with Crippen LogP contribution in [0.4, 0.5) is 0 Å². The van der Waals surface area contributed by atoms with E-state index in [1.807, 2.05) is 12.1 Å². The Morgan fingerprint density at radius 1 is 1.41 bits per heavy atom. The van der Waals surface area contributed by atoms with Crippen LogP contribution in [0.2, 0.25) is 0 Å². The third-order valence-corrected chi connectivity index (χ3v) is 3.35. The van der Waals surface area contributed by atoms with Gasteiger partial charge in [0.05, 0.1) is 5.92 Å². The van der Waals surface area contributed by atoms with Gasteiger partial charge < -0.3 is 5.11 Å². The zero-order chi connectivity index (χ0) is 11.8. The number of hydrogen-bond acceptors (Lipinski definition) is 4. The van der Waals surface area contributed by atoms with Crippen LogP contribution in [0.5, 0.6) is 0 Å². The first-order chi connectivity index (χ1) is 8.25. The SMILES string of the molecule is O=C(O)C1CCC(c2nnc3cccnn23)C1. The summed E-state index contributed by atoms with van der Waals surface area (Å²) in [6.07, 6.45) is 3.87. The summed E-state index contributed by atoms with van der Waals surface area (Å²) in [5.74, 6) is -0.0318. The normalized spacial score (nSPS) is 24.2. The predicted octanol–water partition coefficient (Wildman–Crippen LogP) is 1.09. The van der Waals surface area contributed by atoms with E-state index in [4.69, 9.17) is 5.11 Å². The Balaban J connectivity index is 1.93. The van der Waals surface area contributed by atoms with Crippen molar-refractivity contribution in [3.05, 3.63) is 24.2 Å². The molecule has 0 spiro atoms. The average molecular weight is 232 g/mol. The second-order valence-electron chi connectivity index (χ2n) is 4.40. The minimum Gasteiger partial charge on any atom is -0.481 e. The molecule has 0 amide bonds. The highest BCUT2D eigenvalue weighted by atomic mass is 16.4. The van der Waals surface area contributed by atoms with Crippen molar-refractivity contribution in [3.8, 4) is 0 Å². The highest BCUT2D eigenvalue weighted by Crippen LogP contribution is 2.37. The van der Waals surface area contributed by atoms with Crippen LogP contribution >= 0.6 is 0 Å². The molecule has 2 aromatic rings. The van der Waals surface area contributed by atoms with Gasteiger partial charge in [0.1, 0.15) is 0 Å². The molecule has 1 fully saturated rings. The maximum Gasteiger partial charge on any atom is 0.306 e. The number of hydrogen-bond donors (Lipinski definition) is 1. The first-order valence-electron chi connectivity index (χ1n) is 5.65. The van der Waals surface area contributed by atoms with E-state index in [-0.39, 0.29) is 11.8 Å². The molecule has 3 rings (SSSR count). The molecule has 0 aromatic carbocycles. The molecule has 2 unspecified atom stereocenters. The lowest BCUT2D eigenvalue weighted by Crippen LogP contribution is -2.10. The van der Waals surface area contributed by atoms with Crippen LogP contribution < -0.4 is 0 Å². The zero-order valence-electron chi connectivity index (χ0n) is 9.15. The Bertz CT molecular complexity index is 565. The molecular formula is C11H12N4O2. The molecule has 0 radical (unpaired) electrons. The molecule has 2 heterocycles. The van der Waals surface area contributed by atoms with E-state index in [9.17, 15) is 4.79 Å². The van der Waals surface area contributed by atoms with E-state index in [0.29, 0.717) is 18.5 Å². The van der Waals surface area contributed by atoms with Gasteiger partial charge in [-0.2, -0.15) is 9.61 Å². The molecule has 6 heteroatoms. The fraction of sp³-hybridized carbons (Fsp3) is 0.455. The lowest BCUT2D eigenvalue weighted by Gasteiger charge is -2.06. The van der Waals surface area contributed by atoms with Gasteiger partial charge in [-0.25, -0.2) is 0 Å². The fourth-order valence-electron chi connectivity index (χ4n) is 2.46. The number of aliphatic carboxylic acids is 1. The number of carbonyl (C=O) groups is 1. The van der Waals surface area contributed by atoms with Gasteiger partial charge in [0.15, 0.2) is 11.5 Å². The smallest absolute Gasteiger partial charge is 0.306 e. The van der Waals surface area contributed by atoms with Crippen molar-refractivity contribution >= 4 is 11.6 Å². The molecule has 88 valence electrons. The summed E-state index contributed by atoms with van der Waals surface area (Å²) in [6.45, 7) is 0. The van der Waals surface area contributed by atoms with Gasteiger partial charge in [-0.3, -0.25) is 4.79 Å². The lowest BCUT2D eigenvalue weighted by molar-refractivity contribution is -0.141. The molecule has 1 saturated carbocycles. The van der Waals surface area contributed by atoms with Crippen molar-refractivity contribution in [2.45, 2.75) is 25.2 Å². The molecular weight excluding hydrogens is 220 g/mol. The molecule has 1 N–H and O–H groups in total. The minimum atomic E-state index is -0.714. The van der Waals surface area contributed by atoms with E-state index in [0.717, 1.165) is 12.2 Å². The van der Waals surface area contributed by atoms with E-state index in [2.05, 4.69) is 15.3 Å². The fourth-order valence-corrected chi connectivity index (χ4v) is 2.46. The summed E-state index contributed by atoms with van der Waals surface area (Å²) in [4.78, 5) is 10.9. The Morgan fingerprint density at radius 3 is 3.06 bits per heavy atom. The third kappa shape index (κ3) is 1.65. The van der Waals surface area contributed by atoms with Crippen LogP contribution in [0.3, 0.4) is 0 Å². The van der Waals surface area contributed by atoms with Crippen LogP contribution in [-0.4, -0.2) is 30.9 Å². The first kappa shape index (κ1) is 10.2. The highest BCUT2D eigenvalue weighted by molar-refractivity contribution is 5.70. The number of fused-ring (bicyclic) bond motifs is 1. The quantitative estimate of drug-likeness (QED) is 0.838. The number of carboxylic acid groups (broad SMARTS) is 1. The third-order valence-electron chi connectivity index (χ3n) is 3.35. The van der Waals surface area contributed by atoms with Crippen LogP contribution in [-0.2, 0) is 4.79 Å².